The van der Waals surface area contributed by atoms with Gasteiger partial charge in [-0.05, 0) is 23.8 Å². The summed E-state index contributed by atoms with van der Waals surface area (Å²) in [5, 5.41) is 0. The number of para-hydroxylation sites is 1. The van der Waals surface area contributed by atoms with Gasteiger partial charge in [0.05, 0.1) is 0 Å². The van der Waals surface area contributed by atoms with Gasteiger partial charge in [0.2, 0.25) is 11.8 Å². The van der Waals surface area contributed by atoms with E-state index in [0.29, 0.717) is 37.5 Å². The zero-order valence-corrected chi connectivity index (χ0v) is 18.4. The van der Waals surface area contributed by atoms with E-state index in [0.717, 1.165) is 5.56 Å². The minimum atomic E-state index is -0.549. The monoisotopic (exact) mass is 445 g/mol. The molecule has 170 valence electrons. The Hall–Kier alpha value is -3.87. The molecule has 1 aliphatic rings. The lowest BCUT2D eigenvalue weighted by molar-refractivity contribution is -0.131. The number of benzene rings is 2. The number of aromatic nitrogens is 1. The van der Waals surface area contributed by atoms with Crippen LogP contribution in [-0.2, 0) is 16.1 Å². The standard InChI is InChI=1S/C26H27N3O4/c30-25(28-17-14-23(15-18-28)33-24-13-7-8-16-27-24)19-29(22-11-5-2-6-12-22)26(31)32-20-21-9-3-1-4-10-21/h1-13,16,23H,14-15,17-20H2. The lowest BCUT2D eigenvalue weighted by Crippen LogP contribution is -2.47. The first-order chi connectivity index (χ1) is 16.2. The van der Waals surface area contributed by atoms with E-state index >= 15 is 0 Å². The molecule has 1 saturated heterocycles. The molecule has 7 heteroatoms. The van der Waals surface area contributed by atoms with E-state index in [1.165, 1.54) is 4.90 Å². The maximum Gasteiger partial charge on any atom is 0.415 e. The number of carbonyl (C=O) groups is 2. The van der Waals surface area contributed by atoms with Gasteiger partial charge in [-0.3, -0.25) is 9.69 Å². The van der Waals surface area contributed by atoms with Crippen molar-refractivity contribution in [3.63, 3.8) is 0 Å². The number of anilines is 1. The summed E-state index contributed by atoms with van der Waals surface area (Å²) >= 11 is 0. The Balaban J connectivity index is 1.35. The summed E-state index contributed by atoms with van der Waals surface area (Å²) in [6.07, 6.45) is 2.60. The van der Waals surface area contributed by atoms with E-state index in [1.807, 2.05) is 66.7 Å². The molecule has 0 saturated carbocycles. The van der Waals surface area contributed by atoms with E-state index in [-0.39, 0.29) is 25.2 Å². The highest BCUT2D eigenvalue weighted by molar-refractivity contribution is 5.95. The molecule has 0 N–H and O–H groups in total. The van der Waals surface area contributed by atoms with Gasteiger partial charge in [-0.1, -0.05) is 54.6 Å². The highest BCUT2D eigenvalue weighted by Gasteiger charge is 2.28. The number of hydrogen-bond donors (Lipinski definition) is 0. The second kappa shape index (κ2) is 11.1. The number of hydrogen-bond acceptors (Lipinski definition) is 5. The van der Waals surface area contributed by atoms with Crippen LogP contribution in [0.4, 0.5) is 10.5 Å². The second-order valence-corrected chi connectivity index (χ2v) is 7.83. The Morgan fingerprint density at radius 3 is 2.24 bits per heavy atom. The Bertz CT molecular complexity index is 1020. The maximum absolute atomic E-state index is 13.0. The van der Waals surface area contributed by atoms with Crippen molar-refractivity contribution < 1.29 is 19.1 Å². The molecule has 2 amide bonds. The number of piperidine rings is 1. The van der Waals surface area contributed by atoms with Gasteiger partial charge >= 0.3 is 6.09 Å². The molecule has 0 spiro atoms. The highest BCUT2D eigenvalue weighted by atomic mass is 16.6. The van der Waals surface area contributed by atoms with Crippen LogP contribution >= 0.6 is 0 Å². The molecule has 0 bridgehead atoms. The first-order valence-electron chi connectivity index (χ1n) is 11.1. The number of nitrogens with zero attached hydrogens (tertiary/aromatic N) is 3. The van der Waals surface area contributed by atoms with Gasteiger partial charge in [0.15, 0.2) is 0 Å². The van der Waals surface area contributed by atoms with Gasteiger partial charge in [0, 0.05) is 43.9 Å². The Morgan fingerprint density at radius 2 is 1.58 bits per heavy atom. The number of likely N-dealkylation sites (tertiary alicyclic amines) is 1. The summed E-state index contributed by atoms with van der Waals surface area (Å²) in [7, 11) is 0. The van der Waals surface area contributed by atoms with Gasteiger partial charge in [-0.15, -0.1) is 0 Å². The molecule has 2 aromatic carbocycles. The Kier molecular flexibility index (Phi) is 7.53. The quantitative estimate of drug-likeness (QED) is 0.542. The number of ether oxygens (including phenoxy) is 2. The van der Waals surface area contributed by atoms with Crippen molar-refractivity contribution >= 4 is 17.7 Å². The third-order valence-electron chi connectivity index (χ3n) is 5.51. The molecule has 0 unspecified atom stereocenters. The summed E-state index contributed by atoms with van der Waals surface area (Å²) in [4.78, 5) is 33.3. The summed E-state index contributed by atoms with van der Waals surface area (Å²) in [6, 6.07) is 24.2. The normalized spacial score (nSPS) is 13.9. The van der Waals surface area contributed by atoms with Gasteiger partial charge in [-0.25, -0.2) is 9.78 Å². The van der Waals surface area contributed by atoms with E-state index in [1.54, 1.807) is 23.2 Å². The highest BCUT2D eigenvalue weighted by Crippen LogP contribution is 2.19. The van der Waals surface area contributed by atoms with Crippen LogP contribution in [0.2, 0.25) is 0 Å². The van der Waals surface area contributed by atoms with Crippen LogP contribution < -0.4 is 9.64 Å². The first kappa shape index (κ1) is 22.3. The molecule has 4 rings (SSSR count). The fourth-order valence-electron chi connectivity index (χ4n) is 3.71. The van der Waals surface area contributed by atoms with Gasteiger partial charge in [-0.2, -0.15) is 0 Å². The van der Waals surface area contributed by atoms with E-state index in [9.17, 15) is 9.59 Å². The molecular weight excluding hydrogens is 418 g/mol. The van der Waals surface area contributed by atoms with Crippen LogP contribution in [0.1, 0.15) is 18.4 Å². The maximum atomic E-state index is 13.0. The van der Waals surface area contributed by atoms with Crippen LogP contribution in [0.25, 0.3) is 0 Å². The lowest BCUT2D eigenvalue weighted by Gasteiger charge is -2.33. The third kappa shape index (κ3) is 6.32. The molecule has 7 nitrogen and oxygen atoms in total. The molecule has 1 fully saturated rings. The van der Waals surface area contributed by atoms with Crippen molar-refractivity contribution in [2.45, 2.75) is 25.6 Å². The molecule has 33 heavy (non-hydrogen) atoms. The van der Waals surface area contributed by atoms with E-state index in [4.69, 9.17) is 9.47 Å². The molecule has 2 heterocycles. The second-order valence-electron chi connectivity index (χ2n) is 7.83. The minimum absolute atomic E-state index is 0.0185. The molecular formula is C26H27N3O4. The number of rotatable bonds is 7. The van der Waals surface area contributed by atoms with Crippen molar-refractivity contribution in [3.8, 4) is 5.88 Å². The van der Waals surface area contributed by atoms with Crippen molar-refractivity contribution in [3.05, 3.63) is 90.6 Å². The first-order valence-corrected chi connectivity index (χ1v) is 11.1. The average Bonchev–Trinajstić information content (AvgIpc) is 2.88. The molecule has 0 atom stereocenters. The molecule has 1 aliphatic heterocycles. The average molecular weight is 446 g/mol. The van der Waals surface area contributed by atoms with Gasteiger partial charge in [0.25, 0.3) is 0 Å². The zero-order chi connectivity index (χ0) is 22.9. The van der Waals surface area contributed by atoms with Crippen molar-refractivity contribution in [1.29, 1.82) is 0 Å². The molecule has 0 radical (unpaired) electrons. The van der Waals surface area contributed by atoms with Gasteiger partial charge in [0.1, 0.15) is 19.3 Å². The van der Waals surface area contributed by atoms with E-state index in [2.05, 4.69) is 4.98 Å². The van der Waals surface area contributed by atoms with E-state index < -0.39 is 6.09 Å². The van der Waals surface area contributed by atoms with Crippen LogP contribution in [0.15, 0.2) is 85.1 Å². The van der Waals surface area contributed by atoms with Crippen LogP contribution in [0, 0.1) is 0 Å². The minimum Gasteiger partial charge on any atom is -0.474 e. The summed E-state index contributed by atoms with van der Waals surface area (Å²) in [5.41, 5.74) is 1.51. The van der Waals surface area contributed by atoms with Crippen LogP contribution in [0.3, 0.4) is 0 Å². The van der Waals surface area contributed by atoms with Gasteiger partial charge < -0.3 is 14.4 Å². The summed E-state index contributed by atoms with van der Waals surface area (Å²) < 4.78 is 11.4. The molecule has 0 aliphatic carbocycles. The summed E-state index contributed by atoms with van der Waals surface area (Å²) in [6.45, 7) is 1.20. The lowest BCUT2D eigenvalue weighted by atomic mass is 10.1. The zero-order valence-electron chi connectivity index (χ0n) is 18.4. The Labute approximate surface area is 193 Å². The number of carbonyl (C=O) groups excluding carboxylic acids is 2. The Morgan fingerprint density at radius 1 is 0.909 bits per heavy atom. The van der Waals surface area contributed by atoms with Crippen molar-refractivity contribution in [2.75, 3.05) is 24.5 Å². The van der Waals surface area contributed by atoms with Crippen molar-refractivity contribution in [2.24, 2.45) is 0 Å². The number of amides is 2. The fourth-order valence-corrected chi connectivity index (χ4v) is 3.71. The summed E-state index contributed by atoms with van der Waals surface area (Å²) in [5.74, 6) is 0.477. The molecule has 1 aromatic heterocycles. The predicted molar refractivity (Wildman–Crippen MR) is 125 cm³/mol. The van der Waals surface area contributed by atoms with Crippen LogP contribution in [-0.4, -0.2) is 47.6 Å². The van der Waals surface area contributed by atoms with Crippen LogP contribution in [0.5, 0.6) is 5.88 Å². The smallest absolute Gasteiger partial charge is 0.415 e. The number of pyridine rings is 1. The fraction of sp³-hybridized carbons (Fsp3) is 0.269. The topological polar surface area (TPSA) is 72.0 Å². The largest absolute Gasteiger partial charge is 0.474 e. The van der Waals surface area contributed by atoms with Crippen molar-refractivity contribution in [1.82, 2.24) is 9.88 Å². The SMILES string of the molecule is O=C(CN(C(=O)OCc1ccccc1)c1ccccc1)N1CCC(Oc2ccccn2)CC1. The predicted octanol–water partition coefficient (Wildman–Crippen LogP) is 4.29. The molecule has 3 aromatic rings. The third-order valence-corrected chi connectivity index (χ3v) is 5.51.